The Hall–Kier alpha value is -1.60. The molecule has 1 aliphatic heterocycles. The maximum atomic E-state index is 10.1. The zero-order chi connectivity index (χ0) is 10.7. The van der Waals surface area contributed by atoms with Gasteiger partial charge in [0.1, 0.15) is 0 Å². The van der Waals surface area contributed by atoms with Crippen molar-refractivity contribution in [3.63, 3.8) is 0 Å². The highest BCUT2D eigenvalue weighted by atomic mass is 16.1. The second-order valence-electron chi connectivity index (χ2n) is 3.89. The summed E-state index contributed by atoms with van der Waals surface area (Å²) in [6, 6.07) is 8.41. The molecule has 15 heavy (non-hydrogen) atoms. The van der Waals surface area contributed by atoms with Crippen LogP contribution < -0.4 is 4.90 Å². The number of fused-ring (bicyclic) bond motifs is 1. The predicted molar refractivity (Wildman–Crippen MR) is 59.9 cm³/mol. The summed E-state index contributed by atoms with van der Waals surface area (Å²) in [6.07, 6.45) is 2.70. The number of hydrogen-bond donors (Lipinski definition) is 0. The second-order valence-corrected chi connectivity index (χ2v) is 3.89. The van der Waals surface area contributed by atoms with Crippen LogP contribution in [0.25, 0.3) is 0 Å². The van der Waals surface area contributed by atoms with E-state index in [4.69, 9.17) is 0 Å². The van der Waals surface area contributed by atoms with Gasteiger partial charge in [-0.3, -0.25) is 0 Å². The van der Waals surface area contributed by atoms with Gasteiger partial charge in [-0.25, -0.2) is 9.79 Å². The van der Waals surface area contributed by atoms with Crippen molar-refractivity contribution in [2.24, 2.45) is 4.99 Å². The Balaban J connectivity index is 2.11. The molecule has 1 heterocycles. The summed E-state index contributed by atoms with van der Waals surface area (Å²) in [5.74, 6) is 0. The number of aliphatic imine (C=N–C) groups is 1. The van der Waals surface area contributed by atoms with Gasteiger partial charge in [0.15, 0.2) is 0 Å². The van der Waals surface area contributed by atoms with Gasteiger partial charge in [0.25, 0.3) is 0 Å². The lowest BCUT2D eigenvalue weighted by atomic mass is 10.2. The van der Waals surface area contributed by atoms with E-state index in [2.05, 4.69) is 28.1 Å². The molecule has 0 amide bonds. The average molecular weight is 202 g/mol. The van der Waals surface area contributed by atoms with Gasteiger partial charge < -0.3 is 4.90 Å². The highest BCUT2D eigenvalue weighted by Gasteiger charge is 2.19. The molecule has 1 aromatic carbocycles. The maximum absolute atomic E-state index is 10.1. The molecule has 78 valence electrons. The molecule has 0 aromatic heterocycles. The summed E-state index contributed by atoms with van der Waals surface area (Å²) in [4.78, 5) is 16.1. The van der Waals surface area contributed by atoms with Crippen molar-refractivity contribution in [3.05, 3.63) is 29.8 Å². The summed E-state index contributed by atoms with van der Waals surface area (Å²) in [5.41, 5.74) is 2.67. The zero-order valence-electron chi connectivity index (χ0n) is 8.81. The Morgan fingerprint density at radius 3 is 3.13 bits per heavy atom. The molecule has 0 saturated carbocycles. The summed E-state index contributed by atoms with van der Waals surface area (Å²) < 4.78 is 0. The molecular formula is C12H14N2O. The minimum Gasteiger partial charge on any atom is -0.369 e. The third-order valence-corrected chi connectivity index (χ3v) is 2.74. The number of hydrogen-bond acceptors (Lipinski definition) is 3. The van der Waals surface area contributed by atoms with Gasteiger partial charge in [-0.2, -0.15) is 0 Å². The van der Waals surface area contributed by atoms with Crippen molar-refractivity contribution in [2.75, 3.05) is 18.0 Å². The highest BCUT2D eigenvalue weighted by molar-refractivity contribution is 5.57. The van der Waals surface area contributed by atoms with E-state index < -0.39 is 0 Å². The predicted octanol–water partition coefficient (Wildman–Crippen LogP) is 1.77. The van der Waals surface area contributed by atoms with Crippen LogP contribution in [0.15, 0.2) is 29.3 Å². The number of rotatable bonds is 3. The van der Waals surface area contributed by atoms with Crippen LogP contribution in [0.5, 0.6) is 0 Å². The topological polar surface area (TPSA) is 32.7 Å². The fourth-order valence-corrected chi connectivity index (χ4v) is 2.05. The lowest BCUT2D eigenvalue weighted by molar-refractivity contribution is 0.557. The van der Waals surface area contributed by atoms with Crippen LogP contribution in [-0.4, -0.2) is 25.2 Å². The molecule has 0 N–H and O–H groups in total. The normalized spacial score (nSPS) is 15.7. The molecule has 3 nitrogen and oxygen atoms in total. The first-order chi connectivity index (χ1) is 7.31. The van der Waals surface area contributed by atoms with E-state index in [0.29, 0.717) is 0 Å². The first kappa shape index (κ1) is 9.94. The number of carbonyl (C=O) groups excluding carboxylic acids is 1. The molecule has 0 saturated heterocycles. The highest BCUT2D eigenvalue weighted by Crippen LogP contribution is 2.27. The molecule has 0 bridgehead atoms. The lowest BCUT2D eigenvalue weighted by Crippen LogP contribution is -2.28. The second kappa shape index (κ2) is 4.28. The maximum Gasteiger partial charge on any atom is 0.235 e. The van der Waals surface area contributed by atoms with Crippen molar-refractivity contribution in [3.8, 4) is 0 Å². The van der Waals surface area contributed by atoms with E-state index in [-0.39, 0.29) is 6.04 Å². The van der Waals surface area contributed by atoms with Crippen LogP contribution >= 0.6 is 0 Å². The molecule has 0 aliphatic carbocycles. The Morgan fingerprint density at radius 1 is 1.53 bits per heavy atom. The van der Waals surface area contributed by atoms with Crippen LogP contribution in [0.1, 0.15) is 12.5 Å². The van der Waals surface area contributed by atoms with Crippen LogP contribution in [0.2, 0.25) is 0 Å². The SMILES string of the molecule is CC(CN1CCc2ccccc21)N=C=O. The fourth-order valence-electron chi connectivity index (χ4n) is 2.05. The van der Waals surface area contributed by atoms with Gasteiger partial charge in [-0.1, -0.05) is 18.2 Å². The minimum absolute atomic E-state index is 0.0219. The van der Waals surface area contributed by atoms with Gasteiger partial charge in [0.2, 0.25) is 6.08 Å². The number of nitrogens with zero attached hydrogens (tertiary/aromatic N) is 2. The molecule has 3 heteroatoms. The summed E-state index contributed by atoms with van der Waals surface area (Å²) >= 11 is 0. The molecule has 0 spiro atoms. The van der Waals surface area contributed by atoms with Crippen molar-refractivity contribution in [1.82, 2.24) is 0 Å². The molecule has 1 aliphatic rings. The van der Waals surface area contributed by atoms with E-state index in [1.54, 1.807) is 6.08 Å². The third-order valence-electron chi connectivity index (χ3n) is 2.74. The number of benzene rings is 1. The van der Waals surface area contributed by atoms with E-state index in [0.717, 1.165) is 19.5 Å². The summed E-state index contributed by atoms with van der Waals surface area (Å²) in [6.45, 7) is 3.76. The molecule has 1 unspecified atom stereocenters. The van der Waals surface area contributed by atoms with Gasteiger partial charge in [-0.05, 0) is 25.0 Å². The van der Waals surface area contributed by atoms with Crippen LogP contribution in [-0.2, 0) is 11.2 Å². The van der Waals surface area contributed by atoms with Crippen LogP contribution in [0, 0.1) is 0 Å². The Morgan fingerprint density at radius 2 is 2.33 bits per heavy atom. The molecule has 1 aromatic rings. The first-order valence-corrected chi connectivity index (χ1v) is 5.21. The number of isocyanates is 1. The van der Waals surface area contributed by atoms with E-state index in [1.165, 1.54) is 11.3 Å². The van der Waals surface area contributed by atoms with Crippen LogP contribution in [0.4, 0.5) is 5.69 Å². The van der Waals surface area contributed by atoms with Crippen molar-refractivity contribution >= 4 is 11.8 Å². The molecule has 1 atom stereocenters. The van der Waals surface area contributed by atoms with Crippen molar-refractivity contribution in [2.45, 2.75) is 19.4 Å². The van der Waals surface area contributed by atoms with Gasteiger partial charge in [0, 0.05) is 18.8 Å². The summed E-state index contributed by atoms with van der Waals surface area (Å²) in [7, 11) is 0. The third kappa shape index (κ3) is 2.08. The van der Waals surface area contributed by atoms with E-state index >= 15 is 0 Å². The fraction of sp³-hybridized carbons (Fsp3) is 0.417. The monoisotopic (exact) mass is 202 g/mol. The Labute approximate surface area is 89.4 Å². The first-order valence-electron chi connectivity index (χ1n) is 5.21. The smallest absolute Gasteiger partial charge is 0.235 e. The number of anilines is 1. The standard InChI is InChI=1S/C12H14N2O/c1-10(13-9-15)8-14-7-6-11-4-2-3-5-12(11)14/h2-5,10H,6-8H2,1H3. The van der Waals surface area contributed by atoms with E-state index in [9.17, 15) is 4.79 Å². The van der Waals surface area contributed by atoms with E-state index in [1.807, 2.05) is 13.0 Å². The quantitative estimate of drug-likeness (QED) is 0.553. The lowest BCUT2D eigenvalue weighted by Gasteiger charge is -2.20. The largest absolute Gasteiger partial charge is 0.369 e. The minimum atomic E-state index is 0.0219. The summed E-state index contributed by atoms with van der Waals surface area (Å²) in [5, 5.41) is 0. The van der Waals surface area contributed by atoms with Crippen molar-refractivity contribution in [1.29, 1.82) is 0 Å². The van der Waals surface area contributed by atoms with Gasteiger partial charge in [0.05, 0.1) is 6.04 Å². The molecular weight excluding hydrogens is 188 g/mol. The molecule has 0 fully saturated rings. The van der Waals surface area contributed by atoms with Gasteiger partial charge >= 0.3 is 0 Å². The number of para-hydroxylation sites is 1. The Bertz CT molecular complexity index is 396. The van der Waals surface area contributed by atoms with Crippen LogP contribution in [0.3, 0.4) is 0 Å². The van der Waals surface area contributed by atoms with Gasteiger partial charge in [-0.15, -0.1) is 0 Å². The molecule has 2 rings (SSSR count). The Kier molecular flexibility index (Phi) is 2.84. The molecule has 0 radical (unpaired) electrons. The zero-order valence-corrected chi connectivity index (χ0v) is 8.81. The van der Waals surface area contributed by atoms with Crippen molar-refractivity contribution < 1.29 is 4.79 Å². The average Bonchev–Trinajstić information content (AvgIpc) is 2.62.